The average Bonchev–Trinajstić information content (AvgIpc) is 3.24. The van der Waals surface area contributed by atoms with Crippen molar-refractivity contribution in [3.8, 4) is 5.75 Å². The summed E-state index contributed by atoms with van der Waals surface area (Å²) in [6.07, 6.45) is 2.06. The van der Waals surface area contributed by atoms with Crippen LogP contribution < -0.4 is 20.3 Å². The van der Waals surface area contributed by atoms with Gasteiger partial charge in [0.15, 0.2) is 5.96 Å². The SMILES string of the molecule is CN=C(NCC1CCN(c2ccccc2)C1)Nc1cccc(OCCCOC)c1.I. The van der Waals surface area contributed by atoms with Crippen LogP contribution in [0.15, 0.2) is 59.6 Å². The van der Waals surface area contributed by atoms with Crippen molar-refractivity contribution in [2.24, 2.45) is 10.9 Å². The molecule has 7 heteroatoms. The van der Waals surface area contributed by atoms with Crippen LogP contribution in [-0.2, 0) is 4.74 Å². The second kappa shape index (κ2) is 13.3. The zero-order valence-electron chi connectivity index (χ0n) is 17.8. The Bertz CT molecular complexity index is 773. The molecule has 6 nitrogen and oxygen atoms in total. The number of halogens is 1. The molecule has 2 N–H and O–H groups in total. The van der Waals surface area contributed by atoms with E-state index in [-0.39, 0.29) is 24.0 Å². The number of guanidine groups is 1. The molecular formula is C23H33IN4O2. The summed E-state index contributed by atoms with van der Waals surface area (Å²) in [5.41, 5.74) is 2.26. The molecule has 0 aliphatic carbocycles. The summed E-state index contributed by atoms with van der Waals surface area (Å²) in [4.78, 5) is 6.81. The van der Waals surface area contributed by atoms with Gasteiger partial charge in [-0.3, -0.25) is 4.99 Å². The third-order valence-electron chi connectivity index (χ3n) is 5.05. The van der Waals surface area contributed by atoms with Gasteiger partial charge in [-0.2, -0.15) is 0 Å². The zero-order chi connectivity index (χ0) is 20.3. The quantitative estimate of drug-likeness (QED) is 0.223. The van der Waals surface area contributed by atoms with Gasteiger partial charge in [-0.15, -0.1) is 24.0 Å². The van der Waals surface area contributed by atoms with Gasteiger partial charge in [0.25, 0.3) is 0 Å². The Morgan fingerprint density at radius 3 is 2.73 bits per heavy atom. The summed E-state index contributed by atoms with van der Waals surface area (Å²) in [6.45, 7) is 4.42. The molecule has 1 heterocycles. The van der Waals surface area contributed by atoms with Gasteiger partial charge in [0, 0.05) is 64.3 Å². The van der Waals surface area contributed by atoms with Crippen LogP contribution in [0.2, 0.25) is 0 Å². The molecule has 1 aliphatic heterocycles. The number of ether oxygens (including phenoxy) is 2. The van der Waals surface area contributed by atoms with Crippen molar-refractivity contribution in [2.45, 2.75) is 12.8 Å². The maximum Gasteiger partial charge on any atom is 0.195 e. The third-order valence-corrected chi connectivity index (χ3v) is 5.05. The predicted octanol–water partition coefficient (Wildman–Crippen LogP) is 4.23. The highest BCUT2D eigenvalue weighted by atomic mass is 127. The van der Waals surface area contributed by atoms with E-state index in [1.165, 1.54) is 12.1 Å². The molecule has 1 saturated heterocycles. The predicted molar refractivity (Wildman–Crippen MR) is 136 cm³/mol. The lowest BCUT2D eigenvalue weighted by Crippen LogP contribution is -2.35. The standard InChI is InChI=1S/C23H32N4O2.HI/c1-24-23(26-20-8-6-11-22(16-20)29-15-7-14-28-2)25-17-19-12-13-27(18-19)21-9-4-3-5-10-21;/h3-6,8-11,16,19H,7,12-15,17-18H2,1-2H3,(H2,24,25,26);1H. The first-order valence-electron chi connectivity index (χ1n) is 10.3. The molecule has 1 fully saturated rings. The largest absolute Gasteiger partial charge is 0.493 e. The van der Waals surface area contributed by atoms with Crippen molar-refractivity contribution in [3.63, 3.8) is 0 Å². The first kappa shape index (κ1) is 24.3. The Balaban J connectivity index is 0.00000320. The molecule has 0 spiro atoms. The molecule has 1 aliphatic rings. The molecular weight excluding hydrogens is 491 g/mol. The number of hydrogen-bond donors (Lipinski definition) is 2. The topological polar surface area (TPSA) is 58.1 Å². The molecule has 3 rings (SSSR count). The Kier molecular flexibility index (Phi) is 10.8. The maximum atomic E-state index is 5.77. The number of nitrogens with one attached hydrogen (secondary N) is 2. The van der Waals surface area contributed by atoms with Crippen LogP contribution in [0.5, 0.6) is 5.75 Å². The van der Waals surface area contributed by atoms with Gasteiger partial charge in [-0.1, -0.05) is 24.3 Å². The zero-order valence-corrected chi connectivity index (χ0v) is 20.2. The van der Waals surface area contributed by atoms with Gasteiger partial charge in [-0.25, -0.2) is 0 Å². The van der Waals surface area contributed by atoms with E-state index in [9.17, 15) is 0 Å². The molecule has 30 heavy (non-hydrogen) atoms. The van der Waals surface area contributed by atoms with Crippen LogP contribution in [0.1, 0.15) is 12.8 Å². The summed E-state index contributed by atoms with van der Waals surface area (Å²) in [7, 11) is 3.50. The average molecular weight is 524 g/mol. The van der Waals surface area contributed by atoms with Crippen molar-refractivity contribution in [1.29, 1.82) is 0 Å². The van der Waals surface area contributed by atoms with E-state index in [1.54, 1.807) is 14.2 Å². The van der Waals surface area contributed by atoms with Crippen molar-refractivity contribution in [2.75, 3.05) is 57.2 Å². The van der Waals surface area contributed by atoms with E-state index < -0.39 is 0 Å². The Labute approximate surface area is 197 Å². The Morgan fingerprint density at radius 1 is 1.13 bits per heavy atom. The molecule has 0 bridgehead atoms. The lowest BCUT2D eigenvalue weighted by atomic mass is 10.1. The summed E-state index contributed by atoms with van der Waals surface area (Å²) in [5, 5.41) is 6.82. The highest BCUT2D eigenvalue weighted by molar-refractivity contribution is 14.0. The Morgan fingerprint density at radius 2 is 1.97 bits per heavy atom. The Hall–Kier alpha value is -2.00. The van der Waals surface area contributed by atoms with Gasteiger partial charge in [-0.05, 0) is 36.6 Å². The number of aliphatic imine (C=N–C) groups is 1. The van der Waals surface area contributed by atoms with Gasteiger partial charge < -0.3 is 25.0 Å². The van der Waals surface area contributed by atoms with Crippen molar-refractivity contribution in [1.82, 2.24) is 5.32 Å². The fourth-order valence-electron chi connectivity index (χ4n) is 3.49. The lowest BCUT2D eigenvalue weighted by molar-refractivity contribution is 0.172. The lowest BCUT2D eigenvalue weighted by Gasteiger charge is -2.19. The number of anilines is 2. The molecule has 0 radical (unpaired) electrons. The fraction of sp³-hybridized carbons (Fsp3) is 0.435. The molecule has 0 saturated carbocycles. The van der Waals surface area contributed by atoms with Crippen LogP contribution in [-0.4, -0.2) is 53.0 Å². The maximum absolute atomic E-state index is 5.77. The minimum absolute atomic E-state index is 0. The van der Waals surface area contributed by atoms with E-state index in [4.69, 9.17) is 9.47 Å². The number of methoxy groups -OCH3 is 1. The van der Waals surface area contributed by atoms with Crippen LogP contribution in [0.3, 0.4) is 0 Å². The molecule has 2 aromatic carbocycles. The van der Waals surface area contributed by atoms with E-state index >= 15 is 0 Å². The molecule has 0 aromatic heterocycles. The monoisotopic (exact) mass is 524 g/mol. The second-order valence-electron chi connectivity index (χ2n) is 7.24. The summed E-state index contributed by atoms with van der Waals surface area (Å²) in [5.74, 6) is 2.22. The normalized spacial score (nSPS) is 16.1. The smallest absolute Gasteiger partial charge is 0.195 e. The summed E-state index contributed by atoms with van der Waals surface area (Å²) >= 11 is 0. The first-order chi connectivity index (χ1) is 14.3. The highest BCUT2D eigenvalue weighted by Gasteiger charge is 2.22. The first-order valence-corrected chi connectivity index (χ1v) is 10.3. The van der Waals surface area contributed by atoms with Gasteiger partial charge in [0.1, 0.15) is 5.75 Å². The van der Waals surface area contributed by atoms with Crippen LogP contribution in [0.4, 0.5) is 11.4 Å². The van der Waals surface area contributed by atoms with Crippen molar-refractivity contribution >= 4 is 41.3 Å². The van der Waals surface area contributed by atoms with E-state index in [1.807, 2.05) is 24.3 Å². The molecule has 164 valence electrons. The number of rotatable bonds is 9. The van der Waals surface area contributed by atoms with E-state index in [0.717, 1.165) is 43.5 Å². The van der Waals surface area contributed by atoms with E-state index in [0.29, 0.717) is 19.1 Å². The summed E-state index contributed by atoms with van der Waals surface area (Å²) in [6, 6.07) is 18.6. The molecule has 1 atom stereocenters. The second-order valence-corrected chi connectivity index (χ2v) is 7.24. The van der Waals surface area contributed by atoms with Gasteiger partial charge >= 0.3 is 0 Å². The fourth-order valence-corrected chi connectivity index (χ4v) is 3.49. The molecule has 1 unspecified atom stereocenters. The van der Waals surface area contributed by atoms with E-state index in [2.05, 4.69) is 50.9 Å². The van der Waals surface area contributed by atoms with Crippen LogP contribution in [0, 0.1) is 5.92 Å². The third kappa shape index (κ3) is 7.68. The number of benzene rings is 2. The summed E-state index contributed by atoms with van der Waals surface area (Å²) < 4.78 is 10.8. The molecule has 0 amide bonds. The number of para-hydroxylation sites is 1. The number of nitrogens with zero attached hydrogens (tertiary/aromatic N) is 2. The highest BCUT2D eigenvalue weighted by Crippen LogP contribution is 2.23. The minimum Gasteiger partial charge on any atom is -0.493 e. The van der Waals surface area contributed by atoms with Crippen molar-refractivity contribution < 1.29 is 9.47 Å². The van der Waals surface area contributed by atoms with Crippen LogP contribution in [0.25, 0.3) is 0 Å². The van der Waals surface area contributed by atoms with Gasteiger partial charge in [0.2, 0.25) is 0 Å². The van der Waals surface area contributed by atoms with Crippen molar-refractivity contribution in [3.05, 3.63) is 54.6 Å². The van der Waals surface area contributed by atoms with Gasteiger partial charge in [0.05, 0.1) is 6.61 Å². The molecule has 2 aromatic rings. The van der Waals surface area contributed by atoms with Crippen LogP contribution >= 0.6 is 24.0 Å². The number of hydrogen-bond acceptors (Lipinski definition) is 4. The minimum atomic E-state index is 0.